The summed E-state index contributed by atoms with van der Waals surface area (Å²) in [5.41, 5.74) is 7.74. The fraction of sp³-hybridized carbons (Fsp3) is 0.235. The van der Waals surface area contributed by atoms with Crippen LogP contribution in [0.3, 0.4) is 0 Å². The van der Waals surface area contributed by atoms with Gasteiger partial charge in [-0.25, -0.2) is 18.8 Å². The van der Waals surface area contributed by atoms with E-state index in [2.05, 4.69) is 20.2 Å². The Morgan fingerprint density at radius 3 is 2.68 bits per heavy atom. The number of halogens is 2. The van der Waals surface area contributed by atoms with E-state index in [1.807, 2.05) is 0 Å². The summed E-state index contributed by atoms with van der Waals surface area (Å²) in [6.45, 7) is 2.33. The van der Waals surface area contributed by atoms with Crippen molar-refractivity contribution >= 4 is 23.2 Å². The molecule has 0 atom stereocenters. The van der Waals surface area contributed by atoms with E-state index in [4.69, 9.17) is 5.73 Å². The van der Waals surface area contributed by atoms with Crippen LogP contribution < -0.4 is 5.73 Å². The minimum absolute atomic E-state index is 0.174. The molecule has 2 aliphatic heterocycles. The summed E-state index contributed by atoms with van der Waals surface area (Å²) >= 11 is 0. The van der Waals surface area contributed by atoms with Gasteiger partial charge in [-0.2, -0.15) is 5.10 Å². The molecular weight excluding hydrogens is 326 g/mol. The second-order valence-electron chi connectivity index (χ2n) is 5.99. The number of nitrogens with two attached hydrogens (primary N) is 1. The van der Waals surface area contributed by atoms with Crippen LogP contribution in [0.5, 0.6) is 0 Å². The fourth-order valence-corrected chi connectivity index (χ4v) is 3.12. The van der Waals surface area contributed by atoms with Crippen molar-refractivity contribution in [2.45, 2.75) is 19.8 Å². The average molecular weight is 342 g/mol. The quantitative estimate of drug-likeness (QED) is 0.835. The number of H-pyrrole nitrogens is 1. The number of nitrogens with zero attached hydrogens (tertiary/aromatic N) is 4. The highest BCUT2D eigenvalue weighted by molar-refractivity contribution is 6.17. The molecule has 0 radical (unpaired) electrons. The maximum absolute atomic E-state index is 14.4. The number of rotatable bonds is 1. The molecule has 25 heavy (non-hydrogen) atoms. The molecule has 1 fully saturated rings. The molecule has 3 heterocycles. The van der Waals surface area contributed by atoms with Crippen LogP contribution >= 0.6 is 0 Å². The molecule has 4 rings (SSSR count). The number of piperidine rings is 1. The van der Waals surface area contributed by atoms with Crippen LogP contribution in [0.4, 0.5) is 20.3 Å². The van der Waals surface area contributed by atoms with Crippen molar-refractivity contribution in [1.82, 2.24) is 15.1 Å². The van der Waals surface area contributed by atoms with Gasteiger partial charge in [-0.3, -0.25) is 5.10 Å². The summed E-state index contributed by atoms with van der Waals surface area (Å²) in [7, 11) is 0. The summed E-state index contributed by atoms with van der Waals surface area (Å²) in [5, 5.41) is 6.70. The first-order valence-corrected chi connectivity index (χ1v) is 7.94. The van der Waals surface area contributed by atoms with Crippen molar-refractivity contribution in [1.29, 1.82) is 0 Å². The third kappa shape index (κ3) is 2.50. The van der Waals surface area contributed by atoms with E-state index < -0.39 is 11.6 Å². The number of fused-ring (bicyclic) bond motifs is 2. The van der Waals surface area contributed by atoms with Gasteiger partial charge in [-0.15, -0.1) is 0 Å². The van der Waals surface area contributed by atoms with E-state index in [-0.39, 0.29) is 11.4 Å². The Bertz CT molecular complexity index is 916. The molecule has 2 aliphatic rings. The van der Waals surface area contributed by atoms with Gasteiger partial charge in [-0.1, -0.05) is 6.07 Å². The number of nitrogens with one attached hydrogen (secondary N) is 1. The second-order valence-corrected chi connectivity index (χ2v) is 5.99. The lowest BCUT2D eigenvalue weighted by Gasteiger charge is -2.32. The fourth-order valence-electron chi connectivity index (χ4n) is 3.12. The van der Waals surface area contributed by atoms with Crippen LogP contribution in [0.25, 0.3) is 0 Å². The minimum Gasteiger partial charge on any atom is -0.402 e. The Balaban J connectivity index is 1.99. The average Bonchev–Trinajstić information content (AvgIpc) is 2.94. The standard InChI is InChI=1S/C17H16F2N6/c1-9(20)10-4-3-7-25-16(10)23-15-13(8-21-24-15)22-17(25)14-11(18)5-2-6-12(14)19/h2,5-6,8H,3-4,7,20H2,1H3,(H,21,24)/b10-9-. The number of allylic oxidation sites excluding steroid dienone is 1. The summed E-state index contributed by atoms with van der Waals surface area (Å²) in [5.74, 6) is -0.188. The molecule has 1 saturated heterocycles. The molecule has 128 valence electrons. The number of amidine groups is 2. The zero-order chi connectivity index (χ0) is 17.6. The van der Waals surface area contributed by atoms with Gasteiger partial charge >= 0.3 is 0 Å². The van der Waals surface area contributed by atoms with Gasteiger partial charge < -0.3 is 10.6 Å². The number of benzene rings is 1. The van der Waals surface area contributed by atoms with Crippen LogP contribution in [0, 0.1) is 11.6 Å². The van der Waals surface area contributed by atoms with E-state index in [1.165, 1.54) is 24.4 Å². The Kier molecular flexibility index (Phi) is 3.60. The highest BCUT2D eigenvalue weighted by Crippen LogP contribution is 2.34. The third-order valence-electron chi connectivity index (χ3n) is 4.30. The predicted octanol–water partition coefficient (Wildman–Crippen LogP) is 3.14. The van der Waals surface area contributed by atoms with Gasteiger partial charge in [0.25, 0.3) is 0 Å². The molecule has 1 aromatic heterocycles. The molecule has 1 aromatic carbocycles. The number of aromatic nitrogens is 2. The van der Waals surface area contributed by atoms with Gasteiger partial charge in [-0.05, 0) is 31.9 Å². The largest absolute Gasteiger partial charge is 0.402 e. The zero-order valence-corrected chi connectivity index (χ0v) is 13.6. The zero-order valence-electron chi connectivity index (χ0n) is 13.6. The maximum Gasteiger partial charge on any atom is 0.176 e. The van der Waals surface area contributed by atoms with Crippen molar-refractivity contribution < 1.29 is 8.78 Å². The van der Waals surface area contributed by atoms with Gasteiger partial charge in [0, 0.05) is 17.8 Å². The Labute approximate surface area is 142 Å². The van der Waals surface area contributed by atoms with Gasteiger partial charge in [0.05, 0.1) is 11.8 Å². The van der Waals surface area contributed by atoms with E-state index in [1.54, 1.807) is 11.8 Å². The van der Waals surface area contributed by atoms with E-state index in [9.17, 15) is 8.78 Å². The maximum atomic E-state index is 14.4. The predicted molar refractivity (Wildman–Crippen MR) is 91.1 cm³/mol. The molecule has 2 aromatic rings. The summed E-state index contributed by atoms with van der Waals surface area (Å²) in [4.78, 5) is 10.8. The van der Waals surface area contributed by atoms with E-state index in [0.29, 0.717) is 29.6 Å². The first-order chi connectivity index (χ1) is 12.1. The van der Waals surface area contributed by atoms with Crippen molar-refractivity contribution in [2.75, 3.05) is 6.54 Å². The number of hydrogen-bond acceptors (Lipinski definition) is 5. The van der Waals surface area contributed by atoms with Crippen molar-refractivity contribution in [3.8, 4) is 0 Å². The lowest BCUT2D eigenvalue weighted by molar-refractivity contribution is 0.528. The van der Waals surface area contributed by atoms with Crippen LogP contribution in [0.2, 0.25) is 0 Å². The summed E-state index contributed by atoms with van der Waals surface area (Å²) < 4.78 is 28.9. The van der Waals surface area contributed by atoms with Crippen LogP contribution in [-0.2, 0) is 0 Å². The van der Waals surface area contributed by atoms with Crippen molar-refractivity contribution in [3.63, 3.8) is 0 Å². The van der Waals surface area contributed by atoms with E-state index >= 15 is 0 Å². The van der Waals surface area contributed by atoms with Gasteiger partial charge in [0.2, 0.25) is 0 Å². The van der Waals surface area contributed by atoms with Gasteiger partial charge in [0.1, 0.15) is 29.0 Å². The first-order valence-electron chi connectivity index (χ1n) is 7.94. The molecule has 6 nitrogen and oxygen atoms in total. The lowest BCUT2D eigenvalue weighted by atomic mass is 10.00. The highest BCUT2D eigenvalue weighted by atomic mass is 19.1. The van der Waals surface area contributed by atoms with Crippen LogP contribution in [0.1, 0.15) is 25.3 Å². The molecule has 3 N–H and O–H groups in total. The normalized spacial score (nSPS) is 18.8. The highest BCUT2D eigenvalue weighted by Gasteiger charge is 2.32. The Morgan fingerprint density at radius 2 is 1.96 bits per heavy atom. The van der Waals surface area contributed by atoms with Crippen molar-refractivity contribution in [2.24, 2.45) is 15.7 Å². The molecule has 0 saturated carbocycles. The van der Waals surface area contributed by atoms with E-state index in [0.717, 1.165) is 18.4 Å². The molecule has 0 aliphatic carbocycles. The number of hydrogen-bond donors (Lipinski definition) is 2. The molecular formula is C17H16F2N6. The SMILES string of the molecule is C/C(N)=C1\CCCN2C1=Nc1[nH]ncc1N=C2c1c(F)cccc1F. The van der Waals surface area contributed by atoms with Crippen LogP contribution in [-0.4, -0.2) is 33.3 Å². The number of aromatic amines is 1. The Morgan fingerprint density at radius 1 is 1.20 bits per heavy atom. The minimum atomic E-state index is -0.675. The summed E-state index contributed by atoms with van der Waals surface area (Å²) in [6, 6.07) is 3.76. The van der Waals surface area contributed by atoms with Crippen LogP contribution in [0.15, 0.2) is 45.7 Å². The molecule has 0 unspecified atom stereocenters. The monoisotopic (exact) mass is 342 g/mol. The Hall–Kier alpha value is -3.03. The molecule has 0 amide bonds. The summed E-state index contributed by atoms with van der Waals surface area (Å²) in [6.07, 6.45) is 3.01. The third-order valence-corrected chi connectivity index (χ3v) is 4.30. The number of aliphatic imine (C=N–C) groups is 2. The second kappa shape index (κ2) is 5.80. The molecule has 0 spiro atoms. The first kappa shape index (κ1) is 15.5. The smallest absolute Gasteiger partial charge is 0.176 e. The lowest BCUT2D eigenvalue weighted by Crippen LogP contribution is -2.43. The van der Waals surface area contributed by atoms with Gasteiger partial charge in [0.15, 0.2) is 5.82 Å². The molecule has 0 bridgehead atoms. The topological polar surface area (TPSA) is 82.7 Å². The van der Waals surface area contributed by atoms with Crippen molar-refractivity contribution in [3.05, 3.63) is 52.9 Å². The molecule has 8 heteroatoms.